The van der Waals surface area contributed by atoms with Crippen LogP contribution in [0.1, 0.15) is 36.2 Å². The summed E-state index contributed by atoms with van der Waals surface area (Å²) in [7, 11) is -2.16. The molecule has 4 N–H and O–H groups in total. The third-order valence-electron chi connectivity index (χ3n) is 3.99. The first-order chi connectivity index (χ1) is 9.85. The molecule has 1 aromatic rings. The van der Waals surface area contributed by atoms with Crippen LogP contribution in [0.4, 0.5) is 0 Å². The van der Waals surface area contributed by atoms with Gasteiger partial charge in [0.15, 0.2) is 0 Å². The molecule has 1 saturated carbocycles. The van der Waals surface area contributed by atoms with E-state index >= 15 is 0 Å². The number of aryl methyl sites for hydroxylation is 1. The molecular weight excluding hydrogens is 294 g/mol. The van der Waals surface area contributed by atoms with Crippen LogP contribution >= 0.6 is 0 Å². The molecule has 1 fully saturated rings. The van der Waals surface area contributed by atoms with Crippen molar-refractivity contribution < 1.29 is 18.3 Å². The first kappa shape index (κ1) is 16.0. The number of nitrogens with two attached hydrogens (primary N) is 1. The number of aliphatic hydroxyl groups is 1. The van der Waals surface area contributed by atoms with Gasteiger partial charge in [0.2, 0.25) is 10.0 Å². The second kappa shape index (κ2) is 6.17. The number of primary amides is 1. The Morgan fingerprint density at radius 2 is 2.14 bits per heavy atom. The van der Waals surface area contributed by atoms with E-state index in [2.05, 4.69) is 4.72 Å². The van der Waals surface area contributed by atoms with Gasteiger partial charge in [-0.3, -0.25) is 4.79 Å². The molecule has 0 aromatic carbocycles. The Balaban J connectivity index is 2.21. The smallest absolute Gasteiger partial charge is 0.265 e. The number of hydrogen-bond donors (Lipinski definition) is 3. The van der Waals surface area contributed by atoms with Crippen molar-refractivity contribution >= 4 is 15.9 Å². The van der Waals surface area contributed by atoms with Crippen molar-refractivity contribution in [1.82, 2.24) is 9.29 Å². The number of carbonyl (C=O) groups excluding carboxylic acids is 1. The van der Waals surface area contributed by atoms with Gasteiger partial charge in [-0.1, -0.05) is 12.8 Å². The van der Waals surface area contributed by atoms with E-state index in [9.17, 15) is 18.3 Å². The molecule has 0 saturated heterocycles. The number of carbonyl (C=O) groups is 1. The van der Waals surface area contributed by atoms with Crippen LogP contribution in [-0.4, -0.2) is 36.6 Å². The number of nitrogens with zero attached hydrogens (tertiary/aromatic N) is 1. The van der Waals surface area contributed by atoms with Gasteiger partial charge >= 0.3 is 0 Å². The highest BCUT2D eigenvalue weighted by atomic mass is 32.2. The molecule has 7 nitrogen and oxygen atoms in total. The van der Waals surface area contributed by atoms with Crippen molar-refractivity contribution in [2.45, 2.75) is 36.6 Å². The fourth-order valence-corrected chi connectivity index (χ4v) is 4.18. The van der Waals surface area contributed by atoms with Gasteiger partial charge < -0.3 is 15.4 Å². The van der Waals surface area contributed by atoms with Crippen molar-refractivity contribution in [3.8, 4) is 0 Å². The van der Waals surface area contributed by atoms with E-state index in [1.165, 1.54) is 16.8 Å². The Hall–Kier alpha value is -1.38. The zero-order valence-electron chi connectivity index (χ0n) is 11.9. The zero-order valence-corrected chi connectivity index (χ0v) is 12.8. The molecule has 8 heteroatoms. The van der Waals surface area contributed by atoms with Gasteiger partial charge in [0.05, 0.1) is 0 Å². The summed E-state index contributed by atoms with van der Waals surface area (Å²) in [6, 6.07) is 0.993. The third kappa shape index (κ3) is 3.45. The lowest BCUT2D eigenvalue weighted by molar-refractivity contribution is 0.0992. The van der Waals surface area contributed by atoms with Crippen LogP contribution < -0.4 is 10.5 Å². The van der Waals surface area contributed by atoms with E-state index < -0.39 is 15.9 Å². The second-order valence-electron chi connectivity index (χ2n) is 5.49. The standard InChI is InChI=1S/C13H21N3O4S/c1-16-7-10(6-12(16)13(14)18)21(19,20)15-11-5-3-2-4-9(11)8-17/h6-7,9,11,15,17H,2-5,8H2,1H3,(H2,14,18). The van der Waals surface area contributed by atoms with E-state index in [1.807, 2.05) is 0 Å². The summed E-state index contributed by atoms with van der Waals surface area (Å²) in [6.45, 7) is -0.0332. The van der Waals surface area contributed by atoms with E-state index in [-0.39, 0.29) is 29.2 Å². The van der Waals surface area contributed by atoms with Crippen LogP contribution in [0.25, 0.3) is 0 Å². The van der Waals surface area contributed by atoms with Crippen molar-refractivity contribution in [2.24, 2.45) is 18.7 Å². The number of aromatic nitrogens is 1. The quantitative estimate of drug-likeness (QED) is 0.707. The highest BCUT2D eigenvalue weighted by Gasteiger charge is 2.30. The van der Waals surface area contributed by atoms with Gasteiger partial charge in [0.25, 0.3) is 5.91 Å². The molecule has 2 atom stereocenters. The van der Waals surface area contributed by atoms with Crippen LogP contribution in [0.3, 0.4) is 0 Å². The Labute approximate surface area is 124 Å². The van der Waals surface area contributed by atoms with Crippen molar-refractivity contribution in [1.29, 1.82) is 0 Å². The van der Waals surface area contributed by atoms with Crippen LogP contribution in [0.5, 0.6) is 0 Å². The van der Waals surface area contributed by atoms with E-state index in [4.69, 9.17) is 5.73 Å². The topological polar surface area (TPSA) is 114 Å². The molecule has 1 aliphatic carbocycles. The molecule has 1 aliphatic rings. The summed E-state index contributed by atoms with van der Waals surface area (Å²) in [5.41, 5.74) is 5.33. The summed E-state index contributed by atoms with van der Waals surface area (Å²) < 4.78 is 28.8. The number of amides is 1. The second-order valence-corrected chi connectivity index (χ2v) is 7.21. The number of nitrogens with one attached hydrogen (secondary N) is 1. The van der Waals surface area contributed by atoms with Crippen molar-refractivity contribution in [3.05, 3.63) is 18.0 Å². The zero-order chi connectivity index (χ0) is 15.6. The normalized spacial score (nSPS) is 23.1. The maximum absolute atomic E-state index is 12.4. The van der Waals surface area contributed by atoms with Crippen molar-refractivity contribution in [3.63, 3.8) is 0 Å². The van der Waals surface area contributed by atoms with Crippen molar-refractivity contribution in [2.75, 3.05) is 6.61 Å². The van der Waals surface area contributed by atoms with Crippen LogP contribution in [0.15, 0.2) is 17.2 Å². The summed E-state index contributed by atoms with van der Waals surface area (Å²) in [4.78, 5) is 11.2. The van der Waals surface area contributed by atoms with E-state index in [0.29, 0.717) is 6.42 Å². The molecule has 2 rings (SSSR count). The average Bonchev–Trinajstić information content (AvgIpc) is 2.82. The predicted octanol–water partition coefficient (Wildman–Crippen LogP) is -0.0466. The number of rotatable bonds is 5. The fraction of sp³-hybridized carbons (Fsp3) is 0.615. The Bertz CT molecular complexity index is 623. The lowest BCUT2D eigenvalue weighted by Gasteiger charge is -2.30. The lowest BCUT2D eigenvalue weighted by atomic mass is 9.86. The number of hydrogen-bond acceptors (Lipinski definition) is 4. The molecule has 2 unspecified atom stereocenters. The first-order valence-electron chi connectivity index (χ1n) is 6.94. The third-order valence-corrected chi connectivity index (χ3v) is 5.45. The van der Waals surface area contributed by atoms with Gasteiger partial charge in [-0.05, 0) is 24.8 Å². The van der Waals surface area contributed by atoms with Gasteiger partial charge in [-0.25, -0.2) is 13.1 Å². The molecule has 0 radical (unpaired) electrons. The molecule has 21 heavy (non-hydrogen) atoms. The molecule has 118 valence electrons. The average molecular weight is 315 g/mol. The molecule has 1 aromatic heterocycles. The molecule has 1 amide bonds. The summed E-state index contributed by atoms with van der Waals surface area (Å²) in [5.74, 6) is -0.738. The van der Waals surface area contributed by atoms with Gasteiger partial charge in [0.1, 0.15) is 10.6 Å². The maximum atomic E-state index is 12.4. The first-order valence-corrected chi connectivity index (χ1v) is 8.43. The SMILES string of the molecule is Cn1cc(S(=O)(=O)NC2CCCCC2CO)cc1C(N)=O. The minimum absolute atomic E-state index is 0.0149. The largest absolute Gasteiger partial charge is 0.396 e. The monoisotopic (exact) mass is 315 g/mol. The van der Waals surface area contributed by atoms with Crippen LogP contribution in [0, 0.1) is 5.92 Å². The fourth-order valence-electron chi connectivity index (χ4n) is 2.77. The molecule has 0 spiro atoms. The predicted molar refractivity (Wildman–Crippen MR) is 77.1 cm³/mol. The highest BCUT2D eigenvalue weighted by Crippen LogP contribution is 2.25. The van der Waals surface area contributed by atoms with Gasteiger partial charge in [-0.2, -0.15) is 0 Å². The highest BCUT2D eigenvalue weighted by molar-refractivity contribution is 7.89. The van der Waals surface area contributed by atoms with Crippen LogP contribution in [0.2, 0.25) is 0 Å². The van der Waals surface area contributed by atoms with E-state index in [0.717, 1.165) is 19.3 Å². The lowest BCUT2D eigenvalue weighted by Crippen LogP contribution is -2.43. The Morgan fingerprint density at radius 1 is 1.48 bits per heavy atom. The van der Waals surface area contributed by atoms with Gasteiger partial charge in [0, 0.05) is 25.9 Å². The number of sulfonamides is 1. The molecule has 0 bridgehead atoms. The molecule has 1 heterocycles. The number of aliphatic hydroxyl groups excluding tert-OH is 1. The molecular formula is C13H21N3O4S. The van der Waals surface area contributed by atoms with Crippen LogP contribution in [-0.2, 0) is 17.1 Å². The summed E-state index contributed by atoms with van der Waals surface area (Å²) in [6.07, 6.45) is 4.82. The van der Waals surface area contributed by atoms with E-state index in [1.54, 1.807) is 7.05 Å². The van der Waals surface area contributed by atoms with Gasteiger partial charge in [-0.15, -0.1) is 0 Å². The Kier molecular flexibility index (Phi) is 4.70. The maximum Gasteiger partial charge on any atom is 0.265 e. The summed E-state index contributed by atoms with van der Waals surface area (Å²) >= 11 is 0. The molecule has 0 aliphatic heterocycles. The minimum atomic E-state index is -3.73. The Morgan fingerprint density at radius 3 is 2.71 bits per heavy atom. The summed E-state index contributed by atoms with van der Waals surface area (Å²) in [5, 5.41) is 9.35. The minimum Gasteiger partial charge on any atom is -0.396 e.